The van der Waals surface area contributed by atoms with Crippen LogP contribution >= 0.6 is 0 Å². The first-order chi connectivity index (χ1) is 12.2. The van der Waals surface area contributed by atoms with Crippen molar-refractivity contribution in [2.45, 2.75) is 58.2 Å². The number of aromatic nitrogens is 3. The van der Waals surface area contributed by atoms with Crippen LogP contribution in [-0.2, 0) is 17.8 Å². The van der Waals surface area contributed by atoms with E-state index in [9.17, 15) is 4.79 Å². The Labute approximate surface area is 148 Å². The van der Waals surface area contributed by atoms with Crippen molar-refractivity contribution >= 4 is 11.6 Å². The van der Waals surface area contributed by atoms with Gasteiger partial charge in [-0.05, 0) is 38.3 Å². The molecule has 132 valence electrons. The van der Waals surface area contributed by atoms with Gasteiger partial charge in [0.2, 0.25) is 5.91 Å². The molecule has 25 heavy (non-hydrogen) atoms. The predicted octanol–water partition coefficient (Wildman–Crippen LogP) is 2.38. The standard InChI is InChI=1S/C19H25N5O/c1-3-17-21-18-15(5-4-11-24(18)22-17)20-16-10-12-23(19(16)25)14-8-6-13(2)7-9-14/h6-9,15-16,20H,3-5,10-12H2,1-2H3/t15-,16+/m0/s1. The Morgan fingerprint density at radius 2 is 1.96 bits per heavy atom. The van der Waals surface area contributed by atoms with Crippen LogP contribution in [0.15, 0.2) is 24.3 Å². The molecule has 0 bridgehead atoms. The Morgan fingerprint density at radius 1 is 1.16 bits per heavy atom. The first-order valence-electron chi connectivity index (χ1n) is 9.23. The molecule has 2 aliphatic rings. The van der Waals surface area contributed by atoms with Gasteiger partial charge in [-0.15, -0.1) is 0 Å². The molecule has 1 amide bonds. The van der Waals surface area contributed by atoms with Gasteiger partial charge in [-0.25, -0.2) is 9.67 Å². The molecule has 1 saturated heterocycles. The number of carbonyl (C=O) groups excluding carboxylic acids is 1. The molecule has 1 aromatic carbocycles. The Hall–Kier alpha value is -2.21. The molecule has 6 nitrogen and oxygen atoms in total. The summed E-state index contributed by atoms with van der Waals surface area (Å²) in [5.74, 6) is 2.05. The first kappa shape index (κ1) is 16.3. The molecule has 6 heteroatoms. The zero-order chi connectivity index (χ0) is 17.4. The first-order valence-corrected chi connectivity index (χ1v) is 9.23. The molecule has 0 radical (unpaired) electrons. The van der Waals surface area contributed by atoms with E-state index in [1.165, 1.54) is 5.56 Å². The van der Waals surface area contributed by atoms with Gasteiger partial charge >= 0.3 is 0 Å². The van der Waals surface area contributed by atoms with Crippen LogP contribution in [0.4, 0.5) is 5.69 Å². The van der Waals surface area contributed by atoms with Crippen LogP contribution in [0.1, 0.15) is 49.4 Å². The molecule has 0 saturated carbocycles. The average molecular weight is 339 g/mol. The number of rotatable bonds is 4. The lowest BCUT2D eigenvalue weighted by molar-refractivity contribution is -0.119. The Balaban J connectivity index is 1.48. The van der Waals surface area contributed by atoms with E-state index in [1.807, 2.05) is 21.7 Å². The summed E-state index contributed by atoms with van der Waals surface area (Å²) >= 11 is 0. The molecule has 0 aliphatic carbocycles. The van der Waals surface area contributed by atoms with E-state index in [0.29, 0.717) is 0 Å². The number of hydrogen-bond acceptors (Lipinski definition) is 4. The number of anilines is 1. The van der Waals surface area contributed by atoms with Crippen LogP contribution in [0.25, 0.3) is 0 Å². The van der Waals surface area contributed by atoms with Gasteiger partial charge in [0.15, 0.2) is 5.82 Å². The van der Waals surface area contributed by atoms with Gasteiger partial charge in [-0.3, -0.25) is 10.1 Å². The van der Waals surface area contributed by atoms with E-state index >= 15 is 0 Å². The number of carbonyl (C=O) groups is 1. The minimum absolute atomic E-state index is 0.119. The Morgan fingerprint density at radius 3 is 2.72 bits per heavy atom. The van der Waals surface area contributed by atoms with Crippen molar-refractivity contribution in [2.75, 3.05) is 11.4 Å². The summed E-state index contributed by atoms with van der Waals surface area (Å²) in [5.41, 5.74) is 2.19. The molecule has 2 atom stereocenters. The van der Waals surface area contributed by atoms with E-state index in [1.54, 1.807) is 0 Å². The maximum absolute atomic E-state index is 12.9. The van der Waals surface area contributed by atoms with E-state index in [-0.39, 0.29) is 18.0 Å². The van der Waals surface area contributed by atoms with Gasteiger partial charge < -0.3 is 4.90 Å². The van der Waals surface area contributed by atoms with Crippen LogP contribution in [0.3, 0.4) is 0 Å². The molecule has 0 unspecified atom stereocenters. The van der Waals surface area contributed by atoms with Crippen molar-refractivity contribution in [3.63, 3.8) is 0 Å². The highest BCUT2D eigenvalue weighted by molar-refractivity contribution is 5.99. The maximum atomic E-state index is 12.9. The predicted molar refractivity (Wildman–Crippen MR) is 96.4 cm³/mol. The third-order valence-electron chi connectivity index (χ3n) is 5.19. The zero-order valence-electron chi connectivity index (χ0n) is 14.9. The van der Waals surface area contributed by atoms with Gasteiger partial charge in [-0.2, -0.15) is 5.10 Å². The highest BCUT2D eigenvalue weighted by Crippen LogP contribution is 2.27. The van der Waals surface area contributed by atoms with Crippen molar-refractivity contribution in [2.24, 2.45) is 0 Å². The van der Waals surface area contributed by atoms with Crippen LogP contribution in [0.2, 0.25) is 0 Å². The summed E-state index contributed by atoms with van der Waals surface area (Å²) in [5, 5.41) is 8.11. The van der Waals surface area contributed by atoms with Crippen molar-refractivity contribution in [1.29, 1.82) is 0 Å². The van der Waals surface area contributed by atoms with Crippen LogP contribution < -0.4 is 10.2 Å². The van der Waals surface area contributed by atoms with E-state index in [4.69, 9.17) is 0 Å². The fourth-order valence-electron chi connectivity index (χ4n) is 3.77. The Kier molecular flexibility index (Phi) is 4.29. The summed E-state index contributed by atoms with van der Waals surface area (Å²) in [6, 6.07) is 8.15. The number of aryl methyl sites for hydroxylation is 3. The summed E-state index contributed by atoms with van der Waals surface area (Å²) in [4.78, 5) is 19.4. The SMILES string of the molecule is CCc1nc2n(n1)CCC[C@@H]2N[C@@H]1CCN(c2ccc(C)cc2)C1=O. The number of hydrogen-bond donors (Lipinski definition) is 1. The minimum atomic E-state index is -0.139. The topological polar surface area (TPSA) is 63.1 Å². The van der Waals surface area contributed by atoms with Crippen molar-refractivity contribution in [3.05, 3.63) is 41.5 Å². The molecule has 1 N–H and O–H groups in total. The van der Waals surface area contributed by atoms with Crippen LogP contribution in [0, 0.1) is 6.92 Å². The van der Waals surface area contributed by atoms with Gasteiger partial charge in [0.1, 0.15) is 5.82 Å². The normalized spacial score (nSPS) is 23.1. The van der Waals surface area contributed by atoms with Crippen molar-refractivity contribution in [1.82, 2.24) is 20.1 Å². The summed E-state index contributed by atoms with van der Waals surface area (Å²) in [6.45, 7) is 5.82. The van der Waals surface area contributed by atoms with Gasteiger partial charge in [-0.1, -0.05) is 24.6 Å². The third kappa shape index (κ3) is 3.06. The highest BCUT2D eigenvalue weighted by atomic mass is 16.2. The minimum Gasteiger partial charge on any atom is -0.311 e. The molecule has 3 heterocycles. The fraction of sp³-hybridized carbons (Fsp3) is 0.526. The molecule has 1 fully saturated rings. The number of amides is 1. The van der Waals surface area contributed by atoms with Gasteiger partial charge in [0.05, 0.1) is 12.1 Å². The lowest BCUT2D eigenvalue weighted by Gasteiger charge is -2.26. The fourth-order valence-corrected chi connectivity index (χ4v) is 3.77. The van der Waals surface area contributed by atoms with E-state index in [2.05, 4.69) is 41.4 Å². The second kappa shape index (κ2) is 6.59. The molecular weight excluding hydrogens is 314 g/mol. The summed E-state index contributed by atoms with van der Waals surface area (Å²) in [6.07, 6.45) is 3.75. The lowest BCUT2D eigenvalue weighted by Crippen LogP contribution is -2.42. The number of nitrogens with one attached hydrogen (secondary N) is 1. The third-order valence-corrected chi connectivity index (χ3v) is 5.19. The number of fused-ring (bicyclic) bond motifs is 1. The molecular formula is C19H25N5O. The number of benzene rings is 1. The van der Waals surface area contributed by atoms with Crippen molar-refractivity contribution < 1.29 is 4.79 Å². The number of nitrogens with zero attached hydrogens (tertiary/aromatic N) is 4. The maximum Gasteiger partial charge on any atom is 0.244 e. The monoisotopic (exact) mass is 339 g/mol. The lowest BCUT2D eigenvalue weighted by atomic mass is 10.1. The summed E-state index contributed by atoms with van der Waals surface area (Å²) in [7, 11) is 0. The van der Waals surface area contributed by atoms with E-state index < -0.39 is 0 Å². The molecule has 2 aromatic rings. The molecule has 2 aliphatic heterocycles. The second-order valence-corrected chi connectivity index (χ2v) is 6.99. The van der Waals surface area contributed by atoms with E-state index in [0.717, 1.165) is 56.1 Å². The second-order valence-electron chi connectivity index (χ2n) is 6.99. The quantitative estimate of drug-likeness (QED) is 0.929. The average Bonchev–Trinajstić information content (AvgIpc) is 3.20. The smallest absolute Gasteiger partial charge is 0.244 e. The highest BCUT2D eigenvalue weighted by Gasteiger charge is 2.35. The van der Waals surface area contributed by atoms with Crippen LogP contribution in [-0.4, -0.2) is 33.3 Å². The van der Waals surface area contributed by atoms with Crippen molar-refractivity contribution in [3.8, 4) is 0 Å². The summed E-state index contributed by atoms with van der Waals surface area (Å²) < 4.78 is 2.01. The molecule has 0 spiro atoms. The zero-order valence-corrected chi connectivity index (χ0v) is 14.9. The Bertz CT molecular complexity index is 767. The van der Waals surface area contributed by atoms with Gasteiger partial charge in [0, 0.05) is 25.2 Å². The van der Waals surface area contributed by atoms with Crippen LogP contribution in [0.5, 0.6) is 0 Å². The largest absolute Gasteiger partial charge is 0.311 e. The van der Waals surface area contributed by atoms with Gasteiger partial charge in [0.25, 0.3) is 0 Å². The molecule has 4 rings (SSSR count). The molecule has 1 aromatic heterocycles.